The van der Waals surface area contributed by atoms with Gasteiger partial charge in [0.2, 0.25) is 0 Å². The molecule has 0 aliphatic carbocycles. The molecule has 0 saturated carbocycles. The summed E-state index contributed by atoms with van der Waals surface area (Å²) in [7, 11) is 1.59. The second kappa shape index (κ2) is 8.85. The van der Waals surface area contributed by atoms with Crippen LogP contribution in [-0.2, 0) is 4.79 Å². The summed E-state index contributed by atoms with van der Waals surface area (Å²) in [6, 6.07) is 13.4. The van der Waals surface area contributed by atoms with Crippen LogP contribution in [0.1, 0.15) is 56.7 Å². The fraction of sp³-hybridized carbons (Fsp3) is 0.385. The van der Waals surface area contributed by atoms with Crippen molar-refractivity contribution >= 4 is 23.4 Å². The number of nitrogens with one attached hydrogen (secondary N) is 1. The van der Waals surface area contributed by atoms with Crippen molar-refractivity contribution in [2.45, 2.75) is 52.5 Å². The van der Waals surface area contributed by atoms with E-state index in [-0.39, 0.29) is 11.1 Å². The fourth-order valence-electron chi connectivity index (χ4n) is 4.58. The molecular weight excluding hydrogens is 386 g/mol. The van der Waals surface area contributed by atoms with E-state index in [0.717, 1.165) is 24.1 Å². The number of nitriles is 1. The van der Waals surface area contributed by atoms with Crippen LogP contribution in [-0.4, -0.2) is 25.1 Å². The first-order valence-corrected chi connectivity index (χ1v) is 10.7. The molecule has 0 radical (unpaired) electrons. The number of hydrogen-bond donors (Lipinski definition) is 1. The summed E-state index contributed by atoms with van der Waals surface area (Å²) in [4.78, 5) is 15.2. The number of fused-ring (bicyclic) bond motifs is 1. The van der Waals surface area contributed by atoms with Gasteiger partial charge in [0.25, 0.3) is 5.91 Å². The quantitative estimate of drug-likeness (QED) is 0.503. The number of carbonyl (C=O) groups is 1. The summed E-state index contributed by atoms with van der Waals surface area (Å²) in [5.41, 5.74) is 5.27. The van der Waals surface area contributed by atoms with Crippen LogP contribution in [0.5, 0.6) is 5.75 Å². The van der Waals surface area contributed by atoms with Gasteiger partial charge < -0.3 is 15.0 Å². The maximum atomic E-state index is 12.7. The van der Waals surface area contributed by atoms with Gasteiger partial charge in [-0.2, -0.15) is 5.26 Å². The fourth-order valence-corrected chi connectivity index (χ4v) is 4.58. The number of amides is 1. The number of carbonyl (C=O) groups excluding carboxylic acids is 1. The van der Waals surface area contributed by atoms with Gasteiger partial charge in [0.1, 0.15) is 17.4 Å². The van der Waals surface area contributed by atoms with Crippen molar-refractivity contribution in [2.24, 2.45) is 0 Å². The lowest BCUT2D eigenvalue weighted by atomic mass is 9.79. The zero-order valence-electron chi connectivity index (χ0n) is 19.2. The van der Waals surface area contributed by atoms with Crippen LogP contribution in [0.4, 0.5) is 11.4 Å². The van der Waals surface area contributed by atoms with Crippen molar-refractivity contribution < 1.29 is 9.53 Å². The first-order valence-electron chi connectivity index (χ1n) is 10.7. The first-order chi connectivity index (χ1) is 14.7. The average Bonchev–Trinajstić information content (AvgIpc) is 2.72. The van der Waals surface area contributed by atoms with E-state index in [1.54, 1.807) is 37.5 Å². The molecule has 2 aromatic rings. The van der Waals surface area contributed by atoms with E-state index in [0.29, 0.717) is 17.4 Å². The molecule has 5 nitrogen and oxygen atoms in total. The van der Waals surface area contributed by atoms with Crippen LogP contribution < -0.4 is 15.0 Å². The van der Waals surface area contributed by atoms with E-state index in [4.69, 9.17) is 4.74 Å². The van der Waals surface area contributed by atoms with Gasteiger partial charge in [-0.15, -0.1) is 0 Å². The molecule has 1 aliphatic heterocycles. The van der Waals surface area contributed by atoms with Gasteiger partial charge in [-0.1, -0.05) is 6.92 Å². The normalized spacial score (nSPS) is 17.5. The second-order valence-electron chi connectivity index (χ2n) is 8.78. The smallest absolute Gasteiger partial charge is 0.266 e. The number of hydrogen-bond acceptors (Lipinski definition) is 4. The number of anilines is 2. The number of methoxy groups -OCH3 is 1. The van der Waals surface area contributed by atoms with Gasteiger partial charge in [-0.3, -0.25) is 4.79 Å². The Morgan fingerprint density at radius 2 is 2.00 bits per heavy atom. The van der Waals surface area contributed by atoms with Crippen molar-refractivity contribution in [3.05, 3.63) is 58.7 Å². The van der Waals surface area contributed by atoms with Crippen LogP contribution >= 0.6 is 0 Å². The van der Waals surface area contributed by atoms with Crippen molar-refractivity contribution in [3.63, 3.8) is 0 Å². The predicted octanol–water partition coefficient (Wildman–Crippen LogP) is 5.66. The molecule has 1 N–H and O–H groups in total. The summed E-state index contributed by atoms with van der Waals surface area (Å²) < 4.78 is 5.14. The molecular formula is C26H31N3O2. The number of aryl methyl sites for hydroxylation is 1. The summed E-state index contributed by atoms with van der Waals surface area (Å²) >= 11 is 0. The van der Waals surface area contributed by atoms with E-state index in [2.05, 4.69) is 56.1 Å². The Kier molecular flexibility index (Phi) is 6.40. The molecule has 162 valence electrons. The van der Waals surface area contributed by atoms with Gasteiger partial charge >= 0.3 is 0 Å². The number of nitrogens with zero attached hydrogens (tertiary/aromatic N) is 2. The SMILES string of the molecule is CCN1c2cc(C)c(/C=C(/C#N)C(=O)Nc3ccc(OC)cc3)cc2[C@H](C)CC1(C)C. The van der Waals surface area contributed by atoms with Gasteiger partial charge in [0.15, 0.2) is 0 Å². The first kappa shape index (κ1) is 22.4. The van der Waals surface area contributed by atoms with E-state index in [9.17, 15) is 10.1 Å². The summed E-state index contributed by atoms with van der Waals surface area (Å²) in [6.45, 7) is 12.0. The van der Waals surface area contributed by atoms with Crippen molar-refractivity contribution in [1.29, 1.82) is 5.26 Å². The molecule has 1 heterocycles. The third-order valence-electron chi connectivity index (χ3n) is 6.10. The van der Waals surface area contributed by atoms with Crippen LogP contribution in [0.2, 0.25) is 0 Å². The molecule has 0 bridgehead atoms. The molecule has 0 unspecified atom stereocenters. The highest BCUT2D eigenvalue weighted by Gasteiger charge is 2.35. The molecule has 0 aromatic heterocycles. The minimum atomic E-state index is -0.422. The lowest BCUT2D eigenvalue weighted by Gasteiger charge is -2.47. The molecule has 0 fully saturated rings. The highest BCUT2D eigenvalue weighted by molar-refractivity contribution is 6.09. The lowest BCUT2D eigenvalue weighted by Crippen LogP contribution is -2.48. The molecule has 1 atom stereocenters. The number of benzene rings is 2. The Hall–Kier alpha value is -3.26. The van der Waals surface area contributed by atoms with Crippen LogP contribution in [0.15, 0.2) is 42.0 Å². The molecule has 2 aromatic carbocycles. The molecule has 1 amide bonds. The maximum absolute atomic E-state index is 12.7. The Bertz CT molecular complexity index is 1050. The average molecular weight is 418 g/mol. The van der Waals surface area contributed by atoms with E-state index < -0.39 is 5.91 Å². The van der Waals surface area contributed by atoms with Gasteiger partial charge in [0, 0.05) is 23.5 Å². The summed E-state index contributed by atoms with van der Waals surface area (Å²) in [5, 5.41) is 12.4. The lowest BCUT2D eigenvalue weighted by molar-refractivity contribution is -0.112. The highest BCUT2D eigenvalue weighted by atomic mass is 16.5. The third-order valence-corrected chi connectivity index (χ3v) is 6.10. The Morgan fingerprint density at radius 3 is 2.58 bits per heavy atom. The van der Waals surface area contributed by atoms with E-state index in [1.807, 2.05) is 6.92 Å². The maximum Gasteiger partial charge on any atom is 0.266 e. The molecule has 1 aliphatic rings. The second-order valence-corrected chi connectivity index (χ2v) is 8.78. The summed E-state index contributed by atoms with van der Waals surface area (Å²) in [5.74, 6) is 0.686. The monoisotopic (exact) mass is 417 g/mol. The predicted molar refractivity (Wildman–Crippen MR) is 127 cm³/mol. The number of rotatable bonds is 5. The van der Waals surface area contributed by atoms with Crippen molar-refractivity contribution in [3.8, 4) is 11.8 Å². The summed E-state index contributed by atoms with van der Waals surface area (Å²) in [6.07, 6.45) is 2.75. The van der Waals surface area contributed by atoms with Crippen LogP contribution in [0, 0.1) is 18.3 Å². The molecule has 31 heavy (non-hydrogen) atoms. The molecule has 5 heteroatoms. The van der Waals surface area contributed by atoms with E-state index >= 15 is 0 Å². The van der Waals surface area contributed by atoms with Crippen LogP contribution in [0.25, 0.3) is 6.08 Å². The zero-order chi connectivity index (χ0) is 22.8. The van der Waals surface area contributed by atoms with Gasteiger partial charge in [-0.05, 0) is 99.2 Å². The minimum Gasteiger partial charge on any atom is -0.497 e. The Balaban J connectivity index is 1.93. The van der Waals surface area contributed by atoms with Gasteiger partial charge in [0.05, 0.1) is 7.11 Å². The van der Waals surface area contributed by atoms with Crippen molar-refractivity contribution in [2.75, 3.05) is 23.9 Å². The van der Waals surface area contributed by atoms with Crippen LogP contribution in [0.3, 0.4) is 0 Å². The molecule has 0 saturated heterocycles. The zero-order valence-corrected chi connectivity index (χ0v) is 19.2. The number of ether oxygens (including phenoxy) is 1. The standard InChI is InChI=1S/C26H31N3O2/c1-7-29-24-12-17(2)19(14-23(24)18(3)15-26(29,4)5)13-20(16-27)25(30)28-21-8-10-22(31-6)11-9-21/h8-14,18H,7,15H2,1-6H3,(H,28,30)/b20-13-/t18-/m1/s1. The van der Waals surface area contributed by atoms with E-state index in [1.165, 1.54) is 11.3 Å². The Labute approximate surface area is 185 Å². The van der Waals surface area contributed by atoms with Gasteiger partial charge in [-0.25, -0.2) is 0 Å². The molecule has 3 rings (SSSR count). The van der Waals surface area contributed by atoms with Crippen molar-refractivity contribution in [1.82, 2.24) is 0 Å². The third kappa shape index (κ3) is 4.59. The largest absolute Gasteiger partial charge is 0.497 e. The highest BCUT2D eigenvalue weighted by Crippen LogP contribution is 2.44. The topological polar surface area (TPSA) is 65.4 Å². The Morgan fingerprint density at radius 1 is 1.32 bits per heavy atom. The molecule has 0 spiro atoms. The minimum absolute atomic E-state index is 0.0787.